The zero-order chi connectivity index (χ0) is 12.1. The Morgan fingerprint density at radius 3 is 2.60 bits per heavy atom. The Morgan fingerprint density at radius 2 is 2.20 bits per heavy atom. The van der Waals surface area contributed by atoms with Crippen LogP contribution >= 0.6 is 0 Å². The highest BCUT2D eigenvalue weighted by atomic mass is 19.3. The second-order valence-corrected chi connectivity index (χ2v) is 2.93. The average Bonchev–Trinajstić information content (AvgIpc) is 2.55. The molecule has 4 nitrogen and oxygen atoms in total. The Morgan fingerprint density at radius 1 is 1.67 bits per heavy atom. The summed E-state index contributed by atoms with van der Waals surface area (Å²) in [6, 6.07) is 0.618. The van der Waals surface area contributed by atoms with Gasteiger partial charge in [-0.1, -0.05) is 13.8 Å². The van der Waals surface area contributed by atoms with Gasteiger partial charge >= 0.3 is 0 Å². The van der Waals surface area contributed by atoms with Gasteiger partial charge in [-0.2, -0.15) is 5.26 Å². The van der Waals surface area contributed by atoms with Crippen LogP contribution in [0.3, 0.4) is 0 Å². The number of hydrogen-bond donors (Lipinski definition) is 1. The molecular weight excluding hydrogens is 204 g/mol. The number of carbonyl (C=O) groups is 1. The van der Waals surface area contributed by atoms with Crippen LogP contribution in [0.2, 0.25) is 0 Å². The Kier molecular flexibility index (Phi) is 5.15. The topological polar surface area (TPSA) is 70.1 Å². The quantitative estimate of drug-likeness (QED) is 0.706. The van der Waals surface area contributed by atoms with Crippen LogP contribution in [0.4, 0.5) is 8.78 Å². The standard InChI is InChI=1S/C7H9F2N3O.C2H6/c8-7(9)1-5(2-10)12(4-7)6(13)3-11;1-2/h5H,1,3-4,11H2;1-2H3. The first-order valence-corrected chi connectivity index (χ1v) is 4.77. The number of rotatable bonds is 1. The van der Waals surface area contributed by atoms with E-state index < -0.39 is 30.8 Å². The molecule has 6 heteroatoms. The van der Waals surface area contributed by atoms with E-state index in [-0.39, 0.29) is 6.54 Å². The van der Waals surface area contributed by atoms with Gasteiger partial charge in [0.1, 0.15) is 6.04 Å². The monoisotopic (exact) mass is 219 g/mol. The molecule has 86 valence electrons. The molecule has 15 heavy (non-hydrogen) atoms. The van der Waals surface area contributed by atoms with Crippen LogP contribution in [0.5, 0.6) is 0 Å². The Balaban J connectivity index is 0.000000921. The largest absolute Gasteiger partial charge is 0.322 e. The third-order valence-electron chi connectivity index (χ3n) is 1.91. The first-order chi connectivity index (χ1) is 7.00. The molecule has 1 fully saturated rings. The first kappa shape index (κ1) is 13.8. The van der Waals surface area contributed by atoms with E-state index in [1.165, 1.54) is 0 Å². The van der Waals surface area contributed by atoms with Crippen molar-refractivity contribution in [2.24, 2.45) is 5.73 Å². The lowest BCUT2D eigenvalue weighted by Gasteiger charge is -2.17. The van der Waals surface area contributed by atoms with Crippen LogP contribution < -0.4 is 5.73 Å². The molecule has 0 aromatic carbocycles. The van der Waals surface area contributed by atoms with E-state index in [2.05, 4.69) is 0 Å². The molecule has 1 atom stereocenters. The van der Waals surface area contributed by atoms with Crippen molar-refractivity contribution in [1.29, 1.82) is 5.26 Å². The molecule has 0 saturated carbocycles. The van der Waals surface area contributed by atoms with Crippen molar-refractivity contribution in [2.45, 2.75) is 32.2 Å². The van der Waals surface area contributed by atoms with Crippen LogP contribution in [0.1, 0.15) is 20.3 Å². The van der Waals surface area contributed by atoms with Gasteiger partial charge in [-0.15, -0.1) is 0 Å². The van der Waals surface area contributed by atoms with Crippen molar-refractivity contribution in [1.82, 2.24) is 4.90 Å². The lowest BCUT2D eigenvalue weighted by molar-refractivity contribution is -0.130. The second-order valence-electron chi connectivity index (χ2n) is 2.93. The van der Waals surface area contributed by atoms with Gasteiger partial charge in [0.2, 0.25) is 5.91 Å². The summed E-state index contributed by atoms with van der Waals surface area (Å²) < 4.78 is 25.5. The molecule has 1 unspecified atom stereocenters. The molecule has 0 aliphatic carbocycles. The molecular formula is C9H15F2N3O. The van der Waals surface area contributed by atoms with Crippen LogP contribution in [0, 0.1) is 11.3 Å². The summed E-state index contributed by atoms with van der Waals surface area (Å²) in [5, 5.41) is 8.50. The Bertz CT molecular complexity index is 263. The number of nitrogens with two attached hydrogens (primary N) is 1. The van der Waals surface area contributed by atoms with E-state index in [9.17, 15) is 13.6 Å². The summed E-state index contributed by atoms with van der Waals surface area (Å²) in [7, 11) is 0. The van der Waals surface area contributed by atoms with Crippen molar-refractivity contribution in [3.05, 3.63) is 0 Å². The molecule has 1 heterocycles. The van der Waals surface area contributed by atoms with Gasteiger partial charge in [-0.05, 0) is 0 Å². The van der Waals surface area contributed by atoms with Crippen LogP contribution in [0.25, 0.3) is 0 Å². The van der Waals surface area contributed by atoms with Crippen LogP contribution in [0.15, 0.2) is 0 Å². The Hall–Kier alpha value is -1.22. The molecule has 0 radical (unpaired) electrons. The van der Waals surface area contributed by atoms with Gasteiger partial charge in [0.15, 0.2) is 0 Å². The van der Waals surface area contributed by atoms with E-state index in [4.69, 9.17) is 11.0 Å². The zero-order valence-electron chi connectivity index (χ0n) is 8.83. The molecule has 2 N–H and O–H groups in total. The zero-order valence-corrected chi connectivity index (χ0v) is 8.83. The predicted molar refractivity (Wildman–Crippen MR) is 51.1 cm³/mol. The number of nitriles is 1. The van der Waals surface area contributed by atoms with E-state index >= 15 is 0 Å². The molecule has 1 aliphatic rings. The van der Waals surface area contributed by atoms with Crippen molar-refractivity contribution in [2.75, 3.05) is 13.1 Å². The van der Waals surface area contributed by atoms with Crippen molar-refractivity contribution in [3.8, 4) is 6.07 Å². The molecule has 0 aromatic heterocycles. The number of nitrogens with zero attached hydrogens (tertiary/aromatic N) is 2. The maximum absolute atomic E-state index is 12.7. The summed E-state index contributed by atoms with van der Waals surface area (Å²) in [4.78, 5) is 11.8. The molecule has 1 rings (SSSR count). The van der Waals surface area contributed by atoms with Gasteiger partial charge < -0.3 is 10.6 Å². The van der Waals surface area contributed by atoms with E-state index in [1.807, 2.05) is 13.8 Å². The fourth-order valence-corrected chi connectivity index (χ4v) is 1.31. The molecule has 0 spiro atoms. The Labute approximate surface area is 87.6 Å². The van der Waals surface area contributed by atoms with Crippen molar-refractivity contribution >= 4 is 5.91 Å². The summed E-state index contributed by atoms with van der Waals surface area (Å²) in [6.07, 6.45) is -0.588. The number of likely N-dealkylation sites (tertiary alicyclic amines) is 1. The molecule has 0 aromatic rings. The summed E-state index contributed by atoms with van der Waals surface area (Å²) in [6.45, 7) is 2.97. The molecule has 1 aliphatic heterocycles. The fraction of sp³-hybridized carbons (Fsp3) is 0.778. The van der Waals surface area contributed by atoms with Gasteiger partial charge in [-0.3, -0.25) is 4.79 Å². The normalized spacial score (nSPS) is 22.7. The van der Waals surface area contributed by atoms with Crippen molar-refractivity contribution in [3.63, 3.8) is 0 Å². The predicted octanol–water partition coefficient (Wildman–Crippen LogP) is 0.731. The maximum Gasteiger partial charge on any atom is 0.268 e. The smallest absolute Gasteiger partial charge is 0.268 e. The SMILES string of the molecule is CC.N#CC1CC(F)(F)CN1C(=O)CN. The van der Waals surface area contributed by atoms with Gasteiger partial charge in [0.05, 0.1) is 19.2 Å². The van der Waals surface area contributed by atoms with E-state index in [0.717, 1.165) is 4.90 Å². The molecule has 1 saturated heterocycles. The minimum Gasteiger partial charge on any atom is -0.322 e. The van der Waals surface area contributed by atoms with Gasteiger partial charge in [-0.25, -0.2) is 8.78 Å². The van der Waals surface area contributed by atoms with Crippen molar-refractivity contribution < 1.29 is 13.6 Å². The second kappa shape index (κ2) is 5.61. The number of halogens is 2. The van der Waals surface area contributed by atoms with Gasteiger partial charge in [0, 0.05) is 6.42 Å². The maximum atomic E-state index is 12.7. The highest BCUT2D eigenvalue weighted by Gasteiger charge is 2.46. The minimum atomic E-state index is -2.95. The summed E-state index contributed by atoms with van der Waals surface area (Å²) >= 11 is 0. The average molecular weight is 219 g/mol. The number of carbonyl (C=O) groups excluding carboxylic acids is 1. The molecule has 1 amide bonds. The third kappa shape index (κ3) is 3.44. The third-order valence-corrected chi connectivity index (χ3v) is 1.91. The number of hydrogen-bond acceptors (Lipinski definition) is 3. The number of amides is 1. The highest BCUT2D eigenvalue weighted by molar-refractivity contribution is 5.79. The minimum absolute atomic E-state index is 0.339. The van der Waals surface area contributed by atoms with Gasteiger partial charge in [0.25, 0.3) is 5.92 Å². The lowest BCUT2D eigenvalue weighted by atomic mass is 10.2. The van der Waals surface area contributed by atoms with E-state index in [0.29, 0.717) is 0 Å². The molecule has 0 bridgehead atoms. The highest BCUT2D eigenvalue weighted by Crippen LogP contribution is 2.31. The summed E-state index contributed by atoms with van der Waals surface area (Å²) in [5.41, 5.74) is 5.01. The van der Waals surface area contributed by atoms with Crippen LogP contribution in [-0.4, -0.2) is 35.9 Å². The lowest BCUT2D eigenvalue weighted by Crippen LogP contribution is -2.39. The van der Waals surface area contributed by atoms with E-state index in [1.54, 1.807) is 6.07 Å². The van der Waals surface area contributed by atoms with Crippen LogP contribution in [-0.2, 0) is 4.79 Å². The number of alkyl halides is 2. The fourth-order valence-electron chi connectivity index (χ4n) is 1.31. The first-order valence-electron chi connectivity index (χ1n) is 4.77. The summed E-state index contributed by atoms with van der Waals surface area (Å²) in [5.74, 6) is -3.56.